The molecule has 0 aliphatic rings. The van der Waals surface area contributed by atoms with Crippen molar-refractivity contribution in [2.75, 3.05) is 5.32 Å². The van der Waals surface area contributed by atoms with E-state index in [0.29, 0.717) is 12.2 Å². The van der Waals surface area contributed by atoms with Gasteiger partial charge >= 0.3 is 0 Å². The highest BCUT2D eigenvalue weighted by Gasteiger charge is 2.08. The fourth-order valence-corrected chi connectivity index (χ4v) is 1.65. The number of carbonyl (C=O) groups excluding carboxylic acids is 1. The van der Waals surface area contributed by atoms with Crippen LogP contribution in [0.5, 0.6) is 0 Å². The van der Waals surface area contributed by atoms with Crippen molar-refractivity contribution < 1.29 is 4.79 Å². The molecule has 0 spiro atoms. The highest BCUT2D eigenvalue weighted by atomic mass is 16.1. The van der Waals surface area contributed by atoms with Crippen molar-refractivity contribution in [3.63, 3.8) is 0 Å². The molecule has 0 saturated heterocycles. The summed E-state index contributed by atoms with van der Waals surface area (Å²) in [6, 6.07) is 9.67. The molecule has 1 aromatic heterocycles. The van der Waals surface area contributed by atoms with E-state index in [0.717, 1.165) is 17.5 Å². The number of carbonyl (C=O) groups is 1. The quantitative estimate of drug-likeness (QED) is 0.844. The number of anilines is 1. The van der Waals surface area contributed by atoms with Gasteiger partial charge in [-0.1, -0.05) is 37.3 Å². The van der Waals surface area contributed by atoms with Gasteiger partial charge in [-0.25, -0.2) is 0 Å². The van der Waals surface area contributed by atoms with Gasteiger partial charge in [0, 0.05) is 5.56 Å². The van der Waals surface area contributed by atoms with Gasteiger partial charge in [0.1, 0.15) is 5.82 Å². The van der Waals surface area contributed by atoms with E-state index in [1.54, 1.807) is 6.20 Å². The summed E-state index contributed by atoms with van der Waals surface area (Å²) >= 11 is 0. The van der Waals surface area contributed by atoms with Crippen molar-refractivity contribution in [3.05, 3.63) is 47.7 Å². The highest BCUT2D eigenvalue weighted by Crippen LogP contribution is 2.11. The van der Waals surface area contributed by atoms with E-state index in [4.69, 9.17) is 0 Å². The van der Waals surface area contributed by atoms with Crippen LogP contribution in [-0.2, 0) is 17.6 Å². The van der Waals surface area contributed by atoms with Crippen LogP contribution in [-0.4, -0.2) is 16.1 Å². The second-order valence-electron chi connectivity index (χ2n) is 3.83. The molecule has 1 amide bonds. The Labute approximate surface area is 100 Å². The Morgan fingerprint density at radius 3 is 2.82 bits per heavy atom. The van der Waals surface area contributed by atoms with Gasteiger partial charge in [0.05, 0.1) is 12.6 Å². The molecule has 0 saturated carbocycles. The fraction of sp³-hybridized carbons (Fsp3) is 0.231. The number of benzene rings is 1. The normalized spacial score (nSPS) is 10.2. The molecule has 0 aliphatic heterocycles. The Morgan fingerprint density at radius 1 is 1.35 bits per heavy atom. The Bertz CT molecular complexity index is 490. The van der Waals surface area contributed by atoms with Gasteiger partial charge in [-0.2, -0.15) is 5.10 Å². The number of aryl methyl sites for hydroxylation is 1. The van der Waals surface area contributed by atoms with Crippen molar-refractivity contribution >= 4 is 11.7 Å². The maximum absolute atomic E-state index is 11.8. The first kappa shape index (κ1) is 11.4. The molecule has 0 fully saturated rings. The lowest BCUT2D eigenvalue weighted by Gasteiger charge is -2.04. The van der Waals surface area contributed by atoms with Gasteiger partial charge < -0.3 is 5.32 Å². The topological polar surface area (TPSA) is 57.8 Å². The average Bonchev–Trinajstić information content (AvgIpc) is 2.77. The van der Waals surface area contributed by atoms with Crippen LogP contribution in [0.15, 0.2) is 36.5 Å². The third kappa shape index (κ3) is 2.93. The molecule has 2 aromatic rings. The SMILES string of the molecule is CCc1cn[nH]c1NC(=O)Cc1ccccc1. The fourth-order valence-electron chi connectivity index (χ4n) is 1.65. The van der Waals surface area contributed by atoms with Crippen molar-refractivity contribution in [2.45, 2.75) is 19.8 Å². The first-order valence-corrected chi connectivity index (χ1v) is 5.65. The Kier molecular flexibility index (Phi) is 3.55. The minimum Gasteiger partial charge on any atom is -0.311 e. The number of hydrogen-bond donors (Lipinski definition) is 2. The molecule has 1 heterocycles. The van der Waals surface area contributed by atoms with Gasteiger partial charge in [-0.05, 0) is 12.0 Å². The zero-order valence-electron chi connectivity index (χ0n) is 9.73. The summed E-state index contributed by atoms with van der Waals surface area (Å²) < 4.78 is 0. The van der Waals surface area contributed by atoms with Gasteiger partial charge in [-0.3, -0.25) is 9.89 Å². The van der Waals surface area contributed by atoms with Gasteiger partial charge in [0.25, 0.3) is 0 Å². The van der Waals surface area contributed by atoms with E-state index in [1.165, 1.54) is 0 Å². The molecule has 0 aliphatic carbocycles. The third-order valence-corrected chi connectivity index (χ3v) is 2.57. The van der Waals surface area contributed by atoms with Gasteiger partial charge in [0.2, 0.25) is 5.91 Å². The lowest BCUT2D eigenvalue weighted by molar-refractivity contribution is -0.115. The molecular formula is C13H15N3O. The minimum absolute atomic E-state index is 0.0323. The Hall–Kier alpha value is -2.10. The van der Waals surface area contributed by atoms with E-state index in [-0.39, 0.29) is 5.91 Å². The van der Waals surface area contributed by atoms with Crippen LogP contribution in [0.4, 0.5) is 5.82 Å². The first-order chi connectivity index (χ1) is 8.29. The number of rotatable bonds is 4. The zero-order chi connectivity index (χ0) is 12.1. The number of aromatic amines is 1. The molecule has 0 atom stereocenters. The average molecular weight is 229 g/mol. The highest BCUT2D eigenvalue weighted by molar-refractivity contribution is 5.91. The molecular weight excluding hydrogens is 214 g/mol. The lowest BCUT2D eigenvalue weighted by Crippen LogP contribution is -2.15. The smallest absolute Gasteiger partial charge is 0.229 e. The van der Waals surface area contributed by atoms with E-state index >= 15 is 0 Å². The molecule has 4 nitrogen and oxygen atoms in total. The van der Waals surface area contributed by atoms with Crippen LogP contribution in [0.3, 0.4) is 0 Å². The number of aromatic nitrogens is 2. The molecule has 4 heteroatoms. The first-order valence-electron chi connectivity index (χ1n) is 5.65. The summed E-state index contributed by atoms with van der Waals surface area (Å²) in [4.78, 5) is 11.8. The van der Waals surface area contributed by atoms with Crippen LogP contribution >= 0.6 is 0 Å². The largest absolute Gasteiger partial charge is 0.311 e. The maximum Gasteiger partial charge on any atom is 0.229 e. The molecule has 88 valence electrons. The number of amides is 1. The second kappa shape index (κ2) is 5.30. The molecule has 0 radical (unpaired) electrons. The van der Waals surface area contributed by atoms with Gasteiger partial charge in [-0.15, -0.1) is 0 Å². The second-order valence-corrected chi connectivity index (χ2v) is 3.83. The maximum atomic E-state index is 11.8. The third-order valence-electron chi connectivity index (χ3n) is 2.57. The summed E-state index contributed by atoms with van der Waals surface area (Å²) in [6.45, 7) is 2.03. The molecule has 1 aromatic carbocycles. The summed E-state index contributed by atoms with van der Waals surface area (Å²) in [5.74, 6) is 0.670. The van der Waals surface area contributed by atoms with Crippen molar-refractivity contribution in [1.82, 2.24) is 10.2 Å². The molecule has 17 heavy (non-hydrogen) atoms. The number of H-pyrrole nitrogens is 1. The summed E-state index contributed by atoms with van der Waals surface area (Å²) in [6.07, 6.45) is 2.96. The van der Waals surface area contributed by atoms with Crippen LogP contribution in [0, 0.1) is 0 Å². The summed E-state index contributed by atoms with van der Waals surface area (Å²) in [5.41, 5.74) is 2.02. The molecule has 2 rings (SSSR count). The van der Waals surface area contributed by atoms with E-state index < -0.39 is 0 Å². The van der Waals surface area contributed by atoms with Crippen molar-refractivity contribution in [1.29, 1.82) is 0 Å². The van der Waals surface area contributed by atoms with Crippen LogP contribution in [0.1, 0.15) is 18.1 Å². The number of hydrogen-bond acceptors (Lipinski definition) is 2. The molecule has 0 unspecified atom stereocenters. The summed E-state index contributed by atoms with van der Waals surface area (Å²) in [5, 5.41) is 9.54. The standard InChI is InChI=1S/C13H15N3O/c1-2-11-9-14-16-13(11)15-12(17)8-10-6-4-3-5-7-10/h3-7,9H,2,8H2,1H3,(H2,14,15,16,17). The number of nitrogens with one attached hydrogen (secondary N) is 2. The molecule has 2 N–H and O–H groups in total. The zero-order valence-corrected chi connectivity index (χ0v) is 9.73. The van der Waals surface area contributed by atoms with Crippen LogP contribution < -0.4 is 5.32 Å². The predicted molar refractivity (Wildman–Crippen MR) is 66.7 cm³/mol. The van der Waals surface area contributed by atoms with Gasteiger partial charge in [0.15, 0.2) is 0 Å². The van der Waals surface area contributed by atoms with Crippen LogP contribution in [0.25, 0.3) is 0 Å². The minimum atomic E-state index is -0.0323. The van der Waals surface area contributed by atoms with Crippen molar-refractivity contribution in [2.24, 2.45) is 0 Å². The predicted octanol–water partition coefficient (Wildman–Crippen LogP) is 2.15. The number of nitrogens with zero attached hydrogens (tertiary/aromatic N) is 1. The monoisotopic (exact) mass is 229 g/mol. The Morgan fingerprint density at radius 2 is 2.12 bits per heavy atom. The van der Waals surface area contributed by atoms with E-state index in [1.807, 2.05) is 37.3 Å². The Balaban J connectivity index is 1.98. The molecule has 0 bridgehead atoms. The lowest BCUT2D eigenvalue weighted by atomic mass is 10.1. The summed E-state index contributed by atoms with van der Waals surface area (Å²) in [7, 11) is 0. The van der Waals surface area contributed by atoms with E-state index in [2.05, 4.69) is 15.5 Å². The van der Waals surface area contributed by atoms with Crippen LogP contribution in [0.2, 0.25) is 0 Å². The van der Waals surface area contributed by atoms with Crippen molar-refractivity contribution in [3.8, 4) is 0 Å². The van der Waals surface area contributed by atoms with E-state index in [9.17, 15) is 4.79 Å².